The average Bonchev–Trinajstić information content (AvgIpc) is 3.11. The summed E-state index contributed by atoms with van der Waals surface area (Å²) in [7, 11) is 0. The molecular weight excluding hydrogens is 374 g/mol. The molecule has 0 aliphatic rings. The van der Waals surface area contributed by atoms with E-state index in [1.165, 1.54) is 5.56 Å². The number of urea groups is 1. The number of anilines is 1. The van der Waals surface area contributed by atoms with Gasteiger partial charge >= 0.3 is 6.03 Å². The molecule has 2 aromatic carbocycles. The number of amides is 2. The molecule has 0 atom stereocenters. The van der Waals surface area contributed by atoms with Gasteiger partial charge in [0.25, 0.3) is 0 Å². The van der Waals surface area contributed by atoms with Gasteiger partial charge in [-0.05, 0) is 50.1 Å². The molecule has 152 valence electrons. The summed E-state index contributed by atoms with van der Waals surface area (Å²) in [6, 6.07) is 17.8. The number of pyridine rings is 1. The molecular formula is C24H25N5O. The van der Waals surface area contributed by atoms with Gasteiger partial charge in [0.15, 0.2) is 5.65 Å². The number of benzene rings is 2. The van der Waals surface area contributed by atoms with E-state index in [1.807, 2.05) is 44.2 Å². The van der Waals surface area contributed by atoms with Gasteiger partial charge in [-0.1, -0.05) is 42.0 Å². The molecule has 0 spiro atoms. The molecule has 0 bridgehead atoms. The van der Waals surface area contributed by atoms with Crippen LogP contribution in [0.2, 0.25) is 0 Å². The standard InChI is InChI=1S/C24H25N5O/c1-16-9-11-19(12-10-16)22-27-21-8-5-13-25-23(21)29(22)15-14-26-24(30)28-20-7-4-6-17(2)18(20)3/h4-13H,14-15H2,1-3H3,(H2,26,28,30). The first-order valence-electron chi connectivity index (χ1n) is 10.0. The van der Waals surface area contributed by atoms with E-state index in [2.05, 4.69) is 51.4 Å². The van der Waals surface area contributed by atoms with Crippen LogP contribution in [0.3, 0.4) is 0 Å². The van der Waals surface area contributed by atoms with Crippen molar-refractivity contribution in [1.82, 2.24) is 19.9 Å². The third-order valence-corrected chi connectivity index (χ3v) is 5.29. The van der Waals surface area contributed by atoms with Gasteiger partial charge in [-0.3, -0.25) is 0 Å². The highest BCUT2D eigenvalue weighted by atomic mass is 16.2. The molecule has 0 saturated carbocycles. The Labute approximate surface area is 176 Å². The largest absolute Gasteiger partial charge is 0.336 e. The molecule has 6 heteroatoms. The van der Waals surface area contributed by atoms with Crippen LogP contribution >= 0.6 is 0 Å². The zero-order valence-corrected chi connectivity index (χ0v) is 17.4. The summed E-state index contributed by atoms with van der Waals surface area (Å²) < 4.78 is 2.05. The molecule has 0 fully saturated rings. The number of rotatable bonds is 5. The lowest BCUT2D eigenvalue weighted by atomic mass is 10.1. The Bertz CT molecular complexity index is 1190. The van der Waals surface area contributed by atoms with Crippen molar-refractivity contribution in [2.75, 3.05) is 11.9 Å². The smallest absolute Gasteiger partial charge is 0.319 e. The Morgan fingerprint density at radius 3 is 2.60 bits per heavy atom. The van der Waals surface area contributed by atoms with Crippen molar-refractivity contribution in [2.45, 2.75) is 27.3 Å². The summed E-state index contributed by atoms with van der Waals surface area (Å²) in [5.41, 5.74) is 6.91. The quantitative estimate of drug-likeness (QED) is 0.504. The molecule has 2 N–H and O–H groups in total. The summed E-state index contributed by atoms with van der Waals surface area (Å²) in [6.45, 7) is 7.12. The van der Waals surface area contributed by atoms with Crippen molar-refractivity contribution in [3.8, 4) is 11.4 Å². The van der Waals surface area contributed by atoms with Gasteiger partial charge in [0.2, 0.25) is 0 Å². The van der Waals surface area contributed by atoms with Crippen LogP contribution in [-0.2, 0) is 6.54 Å². The predicted molar refractivity (Wildman–Crippen MR) is 121 cm³/mol. The fourth-order valence-corrected chi connectivity index (χ4v) is 3.43. The lowest BCUT2D eigenvalue weighted by molar-refractivity contribution is 0.251. The van der Waals surface area contributed by atoms with E-state index in [4.69, 9.17) is 4.98 Å². The number of hydrogen-bond donors (Lipinski definition) is 2. The second kappa shape index (κ2) is 8.37. The highest BCUT2D eigenvalue weighted by molar-refractivity contribution is 5.90. The highest BCUT2D eigenvalue weighted by Crippen LogP contribution is 2.24. The number of fused-ring (bicyclic) bond motifs is 1. The Hall–Kier alpha value is -3.67. The summed E-state index contributed by atoms with van der Waals surface area (Å²) in [6.07, 6.45) is 1.76. The van der Waals surface area contributed by atoms with Crippen LogP contribution in [0.5, 0.6) is 0 Å². The molecule has 0 saturated heterocycles. The summed E-state index contributed by atoms with van der Waals surface area (Å²) >= 11 is 0. The van der Waals surface area contributed by atoms with Crippen LogP contribution in [0.25, 0.3) is 22.6 Å². The molecule has 2 heterocycles. The highest BCUT2D eigenvalue weighted by Gasteiger charge is 2.14. The topological polar surface area (TPSA) is 71.8 Å². The number of hydrogen-bond acceptors (Lipinski definition) is 3. The minimum atomic E-state index is -0.224. The number of imidazole rings is 1. The maximum Gasteiger partial charge on any atom is 0.319 e. The number of aryl methyl sites for hydroxylation is 2. The minimum Gasteiger partial charge on any atom is -0.336 e. The molecule has 4 rings (SSSR count). The number of nitrogens with one attached hydrogen (secondary N) is 2. The monoisotopic (exact) mass is 399 g/mol. The molecule has 2 aromatic heterocycles. The van der Waals surface area contributed by atoms with Crippen LogP contribution in [0.1, 0.15) is 16.7 Å². The molecule has 6 nitrogen and oxygen atoms in total. The first kappa shape index (κ1) is 19.6. The summed E-state index contributed by atoms with van der Waals surface area (Å²) in [4.78, 5) is 21.7. The third-order valence-electron chi connectivity index (χ3n) is 5.29. The van der Waals surface area contributed by atoms with E-state index in [9.17, 15) is 4.79 Å². The lowest BCUT2D eigenvalue weighted by Crippen LogP contribution is -2.31. The van der Waals surface area contributed by atoms with E-state index >= 15 is 0 Å². The van der Waals surface area contributed by atoms with Gasteiger partial charge in [-0.25, -0.2) is 14.8 Å². The van der Waals surface area contributed by atoms with Crippen molar-refractivity contribution in [1.29, 1.82) is 0 Å². The van der Waals surface area contributed by atoms with Gasteiger partial charge in [0.05, 0.1) is 0 Å². The minimum absolute atomic E-state index is 0.224. The van der Waals surface area contributed by atoms with E-state index in [1.54, 1.807) is 6.20 Å². The Kier molecular flexibility index (Phi) is 5.48. The molecule has 0 aliphatic carbocycles. The molecule has 0 aliphatic heterocycles. The predicted octanol–water partition coefficient (Wildman–Crippen LogP) is 4.85. The fraction of sp³-hybridized carbons (Fsp3) is 0.208. The van der Waals surface area contributed by atoms with Gasteiger partial charge in [0, 0.05) is 30.5 Å². The van der Waals surface area contributed by atoms with Crippen molar-refractivity contribution < 1.29 is 4.79 Å². The molecule has 30 heavy (non-hydrogen) atoms. The summed E-state index contributed by atoms with van der Waals surface area (Å²) in [5.74, 6) is 0.848. The molecule has 0 radical (unpaired) electrons. The number of aromatic nitrogens is 3. The molecule has 4 aromatic rings. The maximum atomic E-state index is 12.4. The number of nitrogens with zero attached hydrogens (tertiary/aromatic N) is 3. The lowest BCUT2D eigenvalue weighted by Gasteiger charge is -2.13. The van der Waals surface area contributed by atoms with Gasteiger partial charge < -0.3 is 15.2 Å². The Morgan fingerprint density at radius 2 is 1.80 bits per heavy atom. The van der Waals surface area contributed by atoms with Crippen molar-refractivity contribution in [3.05, 3.63) is 77.5 Å². The van der Waals surface area contributed by atoms with Crippen molar-refractivity contribution in [3.63, 3.8) is 0 Å². The normalized spacial score (nSPS) is 10.9. The second-order valence-electron chi connectivity index (χ2n) is 7.43. The van der Waals surface area contributed by atoms with Crippen LogP contribution < -0.4 is 10.6 Å². The van der Waals surface area contributed by atoms with Crippen molar-refractivity contribution >= 4 is 22.9 Å². The Balaban J connectivity index is 1.51. The third kappa shape index (κ3) is 4.03. The summed E-state index contributed by atoms with van der Waals surface area (Å²) in [5, 5.41) is 5.87. The number of carbonyl (C=O) groups excluding carboxylic acids is 1. The molecule has 0 unspecified atom stereocenters. The van der Waals surface area contributed by atoms with Crippen LogP contribution in [0, 0.1) is 20.8 Å². The first-order chi connectivity index (χ1) is 14.5. The van der Waals surface area contributed by atoms with Gasteiger partial charge in [-0.15, -0.1) is 0 Å². The van der Waals surface area contributed by atoms with Crippen molar-refractivity contribution in [2.24, 2.45) is 0 Å². The maximum absolute atomic E-state index is 12.4. The van der Waals surface area contributed by atoms with E-state index in [-0.39, 0.29) is 6.03 Å². The number of carbonyl (C=O) groups is 1. The van der Waals surface area contributed by atoms with E-state index in [0.717, 1.165) is 39.4 Å². The zero-order valence-electron chi connectivity index (χ0n) is 17.4. The first-order valence-corrected chi connectivity index (χ1v) is 10.0. The fourth-order valence-electron chi connectivity index (χ4n) is 3.43. The molecule has 2 amide bonds. The zero-order chi connectivity index (χ0) is 21.1. The SMILES string of the molecule is Cc1ccc(-c2nc3cccnc3n2CCNC(=O)Nc2cccc(C)c2C)cc1. The van der Waals surface area contributed by atoms with E-state index < -0.39 is 0 Å². The van der Waals surface area contributed by atoms with Crippen LogP contribution in [0.15, 0.2) is 60.8 Å². The second-order valence-corrected chi connectivity index (χ2v) is 7.43. The van der Waals surface area contributed by atoms with Crippen LogP contribution in [-0.4, -0.2) is 27.1 Å². The van der Waals surface area contributed by atoms with Crippen LogP contribution in [0.4, 0.5) is 10.5 Å². The van der Waals surface area contributed by atoms with Gasteiger partial charge in [0.1, 0.15) is 11.3 Å². The average molecular weight is 399 g/mol. The van der Waals surface area contributed by atoms with E-state index in [0.29, 0.717) is 13.1 Å². The van der Waals surface area contributed by atoms with Gasteiger partial charge in [-0.2, -0.15) is 0 Å². The Morgan fingerprint density at radius 1 is 1.00 bits per heavy atom.